The SMILES string of the molecule is CO[C@H](CF)CN(CCCCc1ccc2c(n1)NCCC2)CC[C@H](NC(=O)Cc1cncnc1)C(=O)O. The number of hydrogen-bond donors (Lipinski definition) is 3. The number of amides is 1. The summed E-state index contributed by atoms with van der Waals surface area (Å²) >= 11 is 0. The number of alkyl halides is 1. The van der Waals surface area contributed by atoms with Crippen LogP contribution < -0.4 is 10.6 Å². The highest BCUT2D eigenvalue weighted by atomic mass is 19.1. The Morgan fingerprint density at radius 1 is 1.24 bits per heavy atom. The Morgan fingerprint density at radius 2 is 2.05 bits per heavy atom. The molecule has 0 aromatic carbocycles. The van der Waals surface area contributed by atoms with Crippen molar-refractivity contribution >= 4 is 17.7 Å². The van der Waals surface area contributed by atoms with Crippen molar-refractivity contribution in [3.63, 3.8) is 0 Å². The van der Waals surface area contributed by atoms with E-state index in [0.717, 1.165) is 50.2 Å². The maximum absolute atomic E-state index is 13.3. The van der Waals surface area contributed by atoms with Gasteiger partial charge >= 0.3 is 5.97 Å². The Labute approximate surface area is 217 Å². The monoisotopic (exact) mass is 516 g/mol. The minimum atomic E-state index is -1.11. The number of halogens is 1. The predicted molar refractivity (Wildman–Crippen MR) is 137 cm³/mol. The number of carbonyl (C=O) groups is 2. The van der Waals surface area contributed by atoms with E-state index in [0.29, 0.717) is 25.2 Å². The van der Waals surface area contributed by atoms with Gasteiger partial charge < -0.3 is 25.4 Å². The fourth-order valence-corrected chi connectivity index (χ4v) is 4.34. The zero-order chi connectivity index (χ0) is 26.5. The molecule has 0 bridgehead atoms. The molecule has 1 aliphatic heterocycles. The van der Waals surface area contributed by atoms with E-state index in [-0.39, 0.29) is 12.8 Å². The molecule has 0 saturated heterocycles. The van der Waals surface area contributed by atoms with E-state index < -0.39 is 30.7 Å². The average molecular weight is 517 g/mol. The first-order valence-electron chi connectivity index (χ1n) is 12.8. The molecule has 0 unspecified atom stereocenters. The van der Waals surface area contributed by atoms with Crippen molar-refractivity contribution in [1.82, 2.24) is 25.2 Å². The number of ether oxygens (including phenoxy) is 1. The molecule has 1 amide bonds. The van der Waals surface area contributed by atoms with Gasteiger partial charge in [-0.1, -0.05) is 6.07 Å². The van der Waals surface area contributed by atoms with Gasteiger partial charge in [-0.05, 0) is 62.3 Å². The number of methoxy groups -OCH3 is 1. The lowest BCUT2D eigenvalue weighted by Gasteiger charge is -2.27. The third-order valence-electron chi connectivity index (χ3n) is 6.42. The number of rotatable bonds is 16. The van der Waals surface area contributed by atoms with Crippen molar-refractivity contribution in [3.8, 4) is 0 Å². The molecule has 2 aromatic heterocycles. The summed E-state index contributed by atoms with van der Waals surface area (Å²) in [6.07, 6.45) is 8.73. The van der Waals surface area contributed by atoms with Crippen LogP contribution in [0.25, 0.3) is 0 Å². The summed E-state index contributed by atoms with van der Waals surface area (Å²) in [5.41, 5.74) is 2.90. The van der Waals surface area contributed by atoms with E-state index in [9.17, 15) is 19.1 Å². The molecule has 202 valence electrons. The van der Waals surface area contributed by atoms with Crippen LogP contribution in [0.5, 0.6) is 0 Å². The van der Waals surface area contributed by atoms with Gasteiger partial charge in [-0.15, -0.1) is 0 Å². The van der Waals surface area contributed by atoms with Crippen LogP contribution in [0.3, 0.4) is 0 Å². The molecule has 0 spiro atoms. The number of hydrogen-bond acceptors (Lipinski definition) is 8. The minimum absolute atomic E-state index is 0.00577. The minimum Gasteiger partial charge on any atom is -0.480 e. The second-order valence-corrected chi connectivity index (χ2v) is 9.28. The molecule has 0 saturated carbocycles. The number of pyridine rings is 1. The largest absolute Gasteiger partial charge is 0.480 e. The number of carboxylic acid groups (broad SMARTS) is 1. The van der Waals surface area contributed by atoms with E-state index >= 15 is 0 Å². The molecular weight excluding hydrogens is 479 g/mol. The summed E-state index contributed by atoms with van der Waals surface area (Å²) < 4.78 is 18.6. The summed E-state index contributed by atoms with van der Waals surface area (Å²) in [6, 6.07) is 3.17. The van der Waals surface area contributed by atoms with Gasteiger partial charge in [-0.2, -0.15) is 0 Å². The molecule has 11 heteroatoms. The summed E-state index contributed by atoms with van der Waals surface area (Å²) in [6.45, 7) is 1.70. The zero-order valence-electron chi connectivity index (χ0n) is 21.4. The standard InChI is InChI=1S/C26H37FN6O4/c1-37-22(14-27)17-33(11-3-2-6-21-8-7-20-5-4-10-30-25(20)31-21)12-9-23(26(35)36)32-24(34)13-19-15-28-18-29-16-19/h7-8,15-16,18,22-23H,2-6,9-14,17H2,1H3,(H,30,31)(H,32,34)(H,35,36)/t22-,23+/m1/s1. The number of nitrogens with zero attached hydrogens (tertiary/aromatic N) is 4. The molecule has 10 nitrogen and oxygen atoms in total. The highest BCUT2D eigenvalue weighted by Gasteiger charge is 2.22. The zero-order valence-corrected chi connectivity index (χ0v) is 21.4. The number of aryl methyl sites for hydroxylation is 2. The fourth-order valence-electron chi connectivity index (χ4n) is 4.34. The van der Waals surface area contributed by atoms with Crippen LogP contribution in [0, 0.1) is 0 Å². The first kappa shape index (κ1) is 28.4. The van der Waals surface area contributed by atoms with Gasteiger partial charge in [0.05, 0.1) is 12.5 Å². The molecule has 3 rings (SSSR count). The summed E-state index contributed by atoms with van der Waals surface area (Å²) in [7, 11) is 1.46. The molecule has 0 aliphatic carbocycles. The van der Waals surface area contributed by atoms with Crippen LogP contribution in [0.2, 0.25) is 0 Å². The van der Waals surface area contributed by atoms with Crippen LogP contribution in [-0.4, -0.2) is 88.9 Å². The van der Waals surface area contributed by atoms with E-state index in [1.54, 1.807) is 0 Å². The van der Waals surface area contributed by atoms with Gasteiger partial charge in [-0.3, -0.25) is 4.79 Å². The quantitative estimate of drug-likeness (QED) is 0.287. The first-order valence-corrected chi connectivity index (χ1v) is 12.8. The molecule has 3 N–H and O–H groups in total. The summed E-state index contributed by atoms with van der Waals surface area (Å²) in [4.78, 5) is 38.6. The maximum Gasteiger partial charge on any atom is 0.326 e. The van der Waals surface area contributed by atoms with Crippen molar-refractivity contribution in [2.75, 3.05) is 45.3 Å². The average Bonchev–Trinajstić information content (AvgIpc) is 2.91. The van der Waals surface area contributed by atoms with Crippen LogP contribution in [-0.2, 0) is 33.6 Å². The predicted octanol–water partition coefficient (Wildman–Crippen LogP) is 2.04. The molecule has 3 heterocycles. The number of carbonyl (C=O) groups excluding carboxylic acids is 1. The van der Waals surface area contributed by atoms with Gasteiger partial charge in [-0.25, -0.2) is 24.1 Å². The molecule has 2 aromatic rings. The molecule has 0 fully saturated rings. The number of aliphatic carboxylic acids is 1. The first-order chi connectivity index (χ1) is 18.0. The van der Waals surface area contributed by atoms with Crippen molar-refractivity contribution in [3.05, 3.63) is 47.7 Å². The number of aromatic nitrogens is 3. The highest BCUT2D eigenvalue weighted by Crippen LogP contribution is 2.20. The molecule has 37 heavy (non-hydrogen) atoms. The Kier molecular flexibility index (Phi) is 11.6. The van der Waals surface area contributed by atoms with Gasteiger partial charge in [0, 0.05) is 44.8 Å². The number of anilines is 1. The van der Waals surface area contributed by atoms with Crippen LogP contribution in [0.1, 0.15) is 42.5 Å². The van der Waals surface area contributed by atoms with Gasteiger partial charge in [0.2, 0.25) is 5.91 Å². The van der Waals surface area contributed by atoms with Crippen LogP contribution >= 0.6 is 0 Å². The van der Waals surface area contributed by atoms with E-state index in [1.165, 1.54) is 31.4 Å². The normalized spacial score (nSPS) is 14.5. The topological polar surface area (TPSA) is 130 Å². The van der Waals surface area contributed by atoms with Crippen molar-refractivity contribution in [2.24, 2.45) is 0 Å². The fraction of sp³-hybridized carbons (Fsp3) is 0.577. The second-order valence-electron chi connectivity index (χ2n) is 9.28. The Hall–Kier alpha value is -3.18. The molecule has 0 radical (unpaired) electrons. The Balaban J connectivity index is 1.50. The Bertz CT molecular complexity index is 992. The van der Waals surface area contributed by atoms with Gasteiger partial charge in [0.1, 0.15) is 24.9 Å². The van der Waals surface area contributed by atoms with E-state index in [4.69, 9.17) is 9.72 Å². The molecular formula is C26H37FN6O4. The maximum atomic E-state index is 13.3. The lowest BCUT2D eigenvalue weighted by atomic mass is 10.1. The number of nitrogens with one attached hydrogen (secondary N) is 2. The lowest BCUT2D eigenvalue weighted by Crippen LogP contribution is -2.45. The van der Waals surface area contributed by atoms with Crippen LogP contribution in [0.15, 0.2) is 30.9 Å². The molecule has 1 aliphatic rings. The summed E-state index contributed by atoms with van der Waals surface area (Å²) in [5.74, 6) is -0.546. The van der Waals surface area contributed by atoms with Crippen molar-refractivity contribution in [1.29, 1.82) is 0 Å². The lowest BCUT2D eigenvalue weighted by molar-refractivity contribution is -0.142. The van der Waals surface area contributed by atoms with Crippen molar-refractivity contribution < 1.29 is 23.8 Å². The van der Waals surface area contributed by atoms with Crippen molar-refractivity contribution in [2.45, 2.75) is 57.1 Å². The summed E-state index contributed by atoms with van der Waals surface area (Å²) in [5, 5.41) is 15.6. The number of unbranched alkanes of at least 4 members (excludes halogenated alkanes) is 1. The third-order valence-corrected chi connectivity index (χ3v) is 6.42. The third kappa shape index (κ3) is 9.66. The highest BCUT2D eigenvalue weighted by molar-refractivity contribution is 5.84. The molecule has 2 atom stereocenters. The van der Waals surface area contributed by atoms with Gasteiger partial charge in [0.15, 0.2) is 0 Å². The van der Waals surface area contributed by atoms with Crippen LogP contribution in [0.4, 0.5) is 10.2 Å². The second kappa shape index (κ2) is 15.2. The van der Waals surface area contributed by atoms with Gasteiger partial charge in [0.25, 0.3) is 0 Å². The smallest absolute Gasteiger partial charge is 0.326 e. The Morgan fingerprint density at radius 3 is 2.78 bits per heavy atom. The van der Waals surface area contributed by atoms with E-state index in [1.807, 2.05) is 4.90 Å². The number of fused-ring (bicyclic) bond motifs is 1. The van der Waals surface area contributed by atoms with E-state index in [2.05, 4.69) is 32.7 Å². The number of carboxylic acids is 1.